The summed E-state index contributed by atoms with van der Waals surface area (Å²) < 4.78 is 56.9. The molecule has 3 N–H and O–H groups in total. The lowest BCUT2D eigenvalue weighted by Crippen LogP contribution is -2.32. The van der Waals surface area contributed by atoms with Gasteiger partial charge in [0, 0.05) is 24.9 Å². The van der Waals surface area contributed by atoms with Gasteiger partial charge < -0.3 is 15.4 Å². The number of anilines is 2. The number of esters is 1. The van der Waals surface area contributed by atoms with E-state index in [1.54, 1.807) is 0 Å². The molecule has 0 saturated carbocycles. The van der Waals surface area contributed by atoms with Crippen LogP contribution in [0.2, 0.25) is 0 Å². The number of nitro groups is 1. The smallest absolute Gasteiger partial charge is 0.321 e. The summed E-state index contributed by atoms with van der Waals surface area (Å²) in [7, 11) is -2.87. The molecule has 2 aromatic rings. The van der Waals surface area contributed by atoms with Crippen LogP contribution in [0.3, 0.4) is 0 Å². The molecule has 1 amide bonds. The molecule has 11 nitrogen and oxygen atoms in total. The number of carbonyl (C=O) groups excluding carboxylic acids is 2. The lowest BCUT2D eigenvalue weighted by atomic mass is 10.3. The fraction of sp³-hybridized carbons (Fsp3) is 0.176. The summed E-state index contributed by atoms with van der Waals surface area (Å²) in [4.78, 5) is 33.2. The van der Waals surface area contributed by atoms with Crippen molar-refractivity contribution >= 4 is 39.0 Å². The van der Waals surface area contributed by atoms with Gasteiger partial charge in [0.25, 0.3) is 11.6 Å². The van der Waals surface area contributed by atoms with Crippen LogP contribution < -0.4 is 15.4 Å². The number of sulfonamides is 1. The Kier molecular flexibility index (Phi) is 7.55. The number of amides is 1. The molecule has 0 spiro atoms. The van der Waals surface area contributed by atoms with Crippen LogP contribution in [-0.2, 0) is 24.3 Å². The van der Waals surface area contributed by atoms with Crippen molar-refractivity contribution in [2.45, 2.75) is 4.90 Å². The van der Waals surface area contributed by atoms with E-state index in [4.69, 9.17) is 0 Å². The highest BCUT2D eigenvalue weighted by Gasteiger charge is 2.22. The second-order valence-electron chi connectivity index (χ2n) is 5.85. The van der Waals surface area contributed by atoms with Crippen LogP contribution in [0.5, 0.6) is 0 Å². The first kappa shape index (κ1) is 23.6. The van der Waals surface area contributed by atoms with Gasteiger partial charge in [0.05, 0.1) is 9.82 Å². The summed E-state index contributed by atoms with van der Waals surface area (Å²) in [6.45, 7) is -1.68. The molecule has 14 heteroatoms. The minimum atomic E-state index is -4.29. The predicted octanol–water partition coefficient (Wildman–Crippen LogP) is 1.37. The van der Waals surface area contributed by atoms with E-state index >= 15 is 0 Å². The number of carbonyl (C=O) groups is 2. The van der Waals surface area contributed by atoms with E-state index in [9.17, 15) is 36.9 Å². The highest BCUT2D eigenvalue weighted by Crippen LogP contribution is 2.26. The van der Waals surface area contributed by atoms with Crippen LogP contribution in [0.25, 0.3) is 0 Å². The molecule has 0 unspecified atom stereocenters. The van der Waals surface area contributed by atoms with Crippen LogP contribution in [0.1, 0.15) is 0 Å². The Bertz CT molecular complexity index is 1130. The quantitative estimate of drug-likeness (QED) is 0.289. The van der Waals surface area contributed by atoms with E-state index in [2.05, 4.69) is 15.4 Å². The Hall–Kier alpha value is -3.65. The van der Waals surface area contributed by atoms with Crippen molar-refractivity contribution in [2.75, 3.05) is 30.8 Å². The number of hydrogen-bond donors (Lipinski definition) is 3. The molecule has 0 radical (unpaired) electrons. The predicted molar refractivity (Wildman–Crippen MR) is 104 cm³/mol. The zero-order valence-corrected chi connectivity index (χ0v) is 16.7. The molecule has 2 rings (SSSR count). The third kappa shape index (κ3) is 6.42. The van der Waals surface area contributed by atoms with Gasteiger partial charge in [-0.2, -0.15) is 4.72 Å². The number of nitro benzene ring substituents is 1. The lowest BCUT2D eigenvalue weighted by Gasteiger charge is -2.09. The van der Waals surface area contributed by atoms with Crippen molar-refractivity contribution < 1.29 is 36.4 Å². The molecule has 0 atom stereocenters. The first-order chi connectivity index (χ1) is 14.5. The topological polar surface area (TPSA) is 157 Å². The summed E-state index contributed by atoms with van der Waals surface area (Å²) in [5.41, 5.74) is -0.468. The van der Waals surface area contributed by atoms with Crippen molar-refractivity contribution in [3.05, 3.63) is 58.1 Å². The standard InChI is InChI=1S/C17H16F2N4O7S/c1-20-14-5-3-11(7-15(14)23(26)27)31(28,29)21-8-17(25)30-9-16(24)22-10-2-4-12(18)13(19)6-10/h2-7,20-21H,8-9H2,1H3,(H,22,24). The minimum Gasteiger partial charge on any atom is -0.455 e. The number of benzene rings is 2. The summed E-state index contributed by atoms with van der Waals surface area (Å²) in [5.74, 6) is -4.29. The molecule has 0 bridgehead atoms. The third-order valence-corrected chi connectivity index (χ3v) is 5.12. The number of ether oxygens (including phenoxy) is 1. The van der Waals surface area contributed by atoms with Crippen molar-refractivity contribution in [3.63, 3.8) is 0 Å². The van der Waals surface area contributed by atoms with Crippen molar-refractivity contribution in [1.82, 2.24) is 4.72 Å². The third-order valence-electron chi connectivity index (χ3n) is 3.72. The molecule has 0 fully saturated rings. The molecular weight excluding hydrogens is 442 g/mol. The molecule has 2 aromatic carbocycles. The SMILES string of the molecule is CNc1ccc(S(=O)(=O)NCC(=O)OCC(=O)Nc2ccc(F)c(F)c2)cc1[N+](=O)[O-]. The zero-order chi connectivity index (χ0) is 23.2. The van der Waals surface area contributed by atoms with Crippen LogP contribution in [-0.4, -0.2) is 45.4 Å². The Labute approximate surface area is 174 Å². The highest BCUT2D eigenvalue weighted by atomic mass is 32.2. The second-order valence-corrected chi connectivity index (χ2v) is 7.62. The van der Waals surface area contributed by atoms with Crippen LogP contribution in [0.15, 0.2) is 41.3 Å². The average molecular weight is 458 g/mol. The van der Waals surface area contributed by atoms with Gasteiger partial charge in [-0.25, -0.2) is 17.2 Å². The molecule has 0 heterocycles. The first-order valence-corrected chi connectivity index (χ1v) is 9.88. The first-order valence-electron chi connectivity index (χ1n) is 8.40. The summed E-state index contributed by atoms with van der Waals surface area (Å²) in [5, 5.41) is 15.7. The van der Waals surface area contributed by atoms with E-state index in [0.29, 0.717) is 0 Å². The van der Waals surface area contributed by atoms with Crippen molar-refractivity contribution in [2.24, 2.45) is 0 Å². The maximum Gasteiger partial charge on any atom is 0.321 e. The molecule has 0 aliphatic heterocycles. The normalized spacial score (nSPS) is 10.9. The Morgan fingerprint density at radius 2 is 1.84 bits per heavy atom. The summed E-state index contributed by atoms with van der Waals surface area (Å²) in [6, 6.07) is 5.70. The second kappa shape index (κ2) is 9.90. The molecular formula is C17H16F2N4O7S. The van der Waals surface area contributed by atoms with E-state index < -0.39 is 62.2 Å². The fourth-order valence-electron chi connectivity index (χ4n) is 2.25. The van der Waals surface area contributed by atoms with Crippen LogP contribution in [0.4, 0.5) is 25.8 Å². The number of halogens is 2. The number of nitrogens with one attached hydrogen (secondary N) is 3. The van der Waals surface area contributed by atoms with Gasteiger partial charge in [-0.05, 0) is 24.3 Å². The maximum atomic E-state index is 13.1. The van der Waals surface area contributed by atoms with Gasteiger partial charge in [-0.15, -0.1) is 0 Å². The number of nitrogens with zero attached hydrogens (tertiary/aromatic N) is 1. The van der Waals surface area contributed by atoms with E-state index in [1.807, 2.05) is 4.72 Å². The Morgan fingerprint density at radius 3 is 2.45 bits per heavy atom. The van der Waals surface area contributed by atoms with Gasteiger partial charge in [0.2, 0.25) is 10.0 Å². The van der Waals surface area contributed by atoms with Crippen LogP contribution >= 0.6 is 0 Å². The number of hydrogen-bond acceptors (Lipinski definition) is 8. The van der Waals surface area contributed by atoms with E-state index in [0.717, 1.165) is 30.3 Å². The molecule has 0 saturated heterocycles. The Morgan fingerprint density at radius 1 is 1.13 bits per heavy atom. The Balaban J connectivity index is 1.91. The summed E-state index contributed by atoms with van der Waals surface area (Å²) >= 11 is 0. The fourth-order valence-corrected chi connectivity index (χ4v) is 3.23. The van der Waals surface area contributed by atoms with Gasteiger partial charge in [-0.1, -0.05) is 0 Å². The van der Waals surface area contributed by atoms with Gasteiger partial charge in [0.15, 0.2) is 18.2 Å². The molecule has 0 aromatic heterocycles. The average Bonchev–Trinajstić information content (AvgIpc) is 2.72. The van der Waals surface area contributed by atoms with Gasteiger partial charge >= 0.3 is 5.97 Å². The van der Waals surface area contributed by atoms with E-state index in [-0.39, 0.29) is 11.4 Å². The monoisotopic (exact) mass is 458 g/mol. The van der Waals surface area contributed by atoms with Gasteiger partial charge in [0.1, 0.15) is 12.2 Å². The van der Waals surface area contributed by atoms with E-state index in [1.165, 1.54) is 13.1 Å². The van der Waals surface area contributed by atoms with Crippen LogP contribution in [0, 0.1) is 21.7 Å². The van der Waals surface area contributed by atoms with Crippen molar-refractivity contribution in [3.8, 4) is 0 Å². The van der Waals surface area contributed by atoms with Gasteiger partial charge in [-0.3, -0.25) is 19.7 Å². The zero-order valence-electron chi connectivity index (χ0n) is 15.8. The number of rotatable bonds is 9. The molecule has 0 aliphatic carbocycles. The molecule has 31 heavy (non-hydrogen) atoms. The molecule has 166 valence electrons. The lowest BCUT2D eigenvalue weighted by molar-refractivity contribution is -0.384. The highest BCUT2D eigenvalue weighted by molar-refractivity contribution is 7.89. The van der Waals surface area contributed by atoms with Crippen molar-refractivity contribution in [1.29, 1.82) is 0 Å². The maximum absolute atomic E-state index is 13.1. The molecule has 0 aliphatic rings. The summed E-state index contributed by atoms with van der Waals surface area (Å²) in [6.07, 6.45) is 0. The minimum absolute atomic E-state index is 0.0766. The largest absolute Gasteiger partial charge is 0.455 e.